The molecular formula is C20H23N3O5. The molecule has 28 heavy (non-hydrogen) atoms. The number of carbonyl (C=O) groups is 3. The molecule has 0 spiro atoms. The number of hydrogen-bond donors (Lipinski definition) is 3. The van der Waals surface area contributed by atoms with Gasteiger partial charge in [-0.25, -0.2) is 4.79 Å². The normalized spacial score (nSPS) is 11.6. The summed E-state index contributed by atoms with van der Waals surface area (Å²) in [6.45, 7) is 0.240. The van der Waals surface area contributed by atoms with Crippen LogP contribution in [0.3, 0.4) is 0 Å². The number of carboxylic acids is 1. The molecule has 0 fully saturated rings. The predicted octanol–water partition coefficient (Wildman–Crippen LogP) is 1.75. The minimum Gasteiger partial charge on any atom is -0.497 e. The molecule has 0 unspecified atom stereocenters. The second-order valence-electron chi connectivity index (χ2n) is 6.30. The van der Waals surface area contributed by atoms with Gasteiger partial charge in [-0.05, 0) is 56.1 Å². The molecule has 0 bridgehead atoms. The number of benzene rings is 2. The largest absolute Gasteiger partial charge is 0.497 e. The minimum atomic E-state index is -1.07. The van der Waals surface area contributed by atoms with Crippen molar-refractivity contribution in [3.63, 3.8) is 0 Å². The van der Waals surface area contributed by atoms with Crippen molar-refractivity contribution in [1.82, 2.24) is 10.2 Å². The first-order valence-corrected chi connectivity index (χ1v) is 8.54. The number of ether oxygens (including phenoxy) is 1. The molecule has 1 atom stereocenters. The van der Waals surface area contributed by atoms with Gasteiger partial charge in [-0.15, -0.1) is 0 Å². The first-order chi connectivity index (χ1) is 13.3. The highest BCUT2D eigenvalue weighted by Gasteiger charge is 2.19. The zero-order valence-electron chi connectivity index (χ0n) is 15.9. The number of likely N-dealkylation sites (N-methyl/N-ethyl adjacent to an activating group) is 1. The van der Waals surface area contributed by atoms with Crippen LogP contribution < -0.4 is 15.4 Å². The monoisotopic (exact) mass is 385 g/mol. The van der Waals surface area contributed by atoms with Gasteiger partial charge in [0.2, 0.25) is 0 Å². The van der Waals surface area contributed by atoms with Crippen LogP contribution in [-0.4, -0.2) is 55.5 Å². The highest BCUT2D eigenvalue weighted by Crippen LogP contribution is 2.20. The second-order valence-corrected chi connectivity index (χ2v) is 6.30. The van der Waals surface area contributed by atoms with Crippen molar-refractivity contribution in [3.8, 4) is 5.75 Å². The highest BCUT2D eigenvalue weighted by molar-refractivity contribution is 6.39. The fourth-order valence-electron chi connectivity index (χ4n) is 2.58. The van der Waals surface area contributed by atoms with Gasteiger partial charge in [0.15, 0.2) is 0 Å². The van der Waals surface area contributed by atoms with Crippen LogP contribution in [-0.2, 0) is 9.59 Å². The Labute approximate surface area is 163 Å². The van der Waals surface area contributed by atoms with Crippen molar-refractivity contribution in [2.75, 3.05) is 33.1 Å². The van der Waals surface area contributed by atoms with Gasteiger partial charge in [-0.3, -0.25) is 9.59 Å². The van der Waals surface area contributed by atoms with Gasteiger partial charge in [-0.2, -0.15) is 0 Å². The summed E-state index contributed by atoms with van der Waals surface area (Å²) in [6.07, 6.45) is 0. The van der Waals surface area contributed by atoms with E-state index in [0.717, 1.165) is 11.3 Å². The summed E-state index contributed by atoms with van der Waals surface area (Å²) in [5, 5.41) is 13.9. The highest BCUT2D eigenvalue weighted by atomic mass is 16.5. The van der Waals surface area contributed by atoms with E-state index in [2.05, 4.69) is 10.6 Å². The molecule has 0 saturated carbocycles. The average molecular weight is 385 g/mol. The summed E-state index contributed by atoms with van der Waals surface area (Å²) in [4.78, 5) is 37.0. The van der Waals surface area contributed by atoms with Gasteiger partial charge in [0.05, 0.1) is 18.7 Å². The van der Waals surface area contributed by atoms with E-state index in [1.807, 2.05) is 43.3 Å². The van der Waals surface area contributed by atoms with Gasteiger partial charge in [0.25, 0.3) is 0 Å². The molecule has 148 valence electrons. The summed E-state index contributed by atoms with van der Waals surface area (Å²) >= 11 is 0. The van der Waals surface area contributed by atoms with Crippen LogP contribution in [0.2, 0.25) is 0 Å². The van der Waals surface area contributed by atoms with Gasteiger partial charge < -0.3 is 25.4 Å². The predicted molar refractivity (Wildman–Crippen MR) is 104 cm³/mol. The van der Waals surface area contributed by atoms with Crippen molar-refractivity contribution in [1.29, 1.82) is 0 Å². The Morgan fingerprint density at radius 3 is 2.11 bits per heavy atom. The van der Waals surface area contributed by atoms with E-state index in [1.165, 1.54) is 24.3 Å². The number of carbonyl (C=O) groups excluding carboxylic acids is 2. The number of methoxy groups -OCH3 is 1. The summed E-state index contributed by atoms with van der Waals surface area (Å²) in [5.41, 5.74) is 1.40. The molecule has 0 aliphatic heterocycles. The molecule has 8 heteroatoms. The lowest BCUT2D eigenvalue weighted by Gasteiger charge is -2.25. The standard InChI is InChI=1S/C20H23N3O5/c1-23(2)17(13-6-10-16(28-3)11-7-13)12-21-18(24)19(25)22-15-8-4-14(5-9-15)20(26)27/h4-11,17H,12H2,1-3H3,(H,21,24)(H,22,25)(H,26,27)/t17-/m1/s1. The number of amides is 2. The molecule has 2 rings (SSSR count). The molecule has 8 nitrogen and oxygen atoms in total. The Morgan fingerprint density at radius 2 is 1.61 bits per heavy atom. The van der Waals surface area contributed by atoms with Crippen LogP contribution in [0.1, 0.15) is 22.0 Å². The van der Waals surface area contributed by atoms with E-state index in [4.69, 9.17) is 9.84 Å². The molecule has 0 aliphatic carbocycles. The Hall–Kier alpha value is -3.39. The first-order valence-electron chi connectivity index (χ1n) is 8.54. The van der Waals surface area contributed by atoms with Crippen LogP contribution in [0.5, 0.6) is 5.75 Å². The van der Waals surface area contributed by atoms with E-state index in [-0.39, 0.29) is 18.2 Å². The SMILES string of the molecule is COc1ccc([C@@H](CNC(=O)C(=O)Nc2ccc(C(=O)O)cc2)N(C)C)cc1. The molecule has 2 amide bonds. The number of hydrogen-bond acceptors (Lipinski definition) is 5. The molecule has 0 aromatic heterocycles. The zero-order chi connectivity index (χ0) is 20.7. The quantitative estimate of drug-likeness (QED) is 0.627. The molecular weight excluding hydrogens is 362 g/mol. The molecule has 0 aliphatic rings. The molecule has 3 N–H and O–H groups in total. The average Bonchev–Trinajstić information content (AvgIpc) is 2.68. The third kappa shape index (κ3) is 5.55. The van der Waals surface area contributed by atoms with Crippen LogP contribution in [0.25, 0.3) is 0 Å². The molecule has 2 aromatic rings. The van der Waals surface area contributed by atoms with E-state index < -0.39 is 17.8 Å². The van der Waals surface area contributed by atoms with Crippen molar-refractivity contribution in [3.05, 3.63) is 59.7 Å². The zero-order valence-corrected chi connectivity index (χ0v) is 15.9. The van der Waals surface area contributed by atoms with Crippen molar-refractivity contribution >= 4 is 23.5 Å². The Bertz CT molecular complexity index is 832. The Balaban J connectivity index is 1.95. The number of aromatic carboxylic acids is 1. The van der Waals surface area contributed by atoms with Gasteiger partial charge in [0, 0.05) is 12.2 Å². The topological polar surface area (TPSA) is 108 Å². The van der Waals surface area contributed by atoms with E-state index in [1.54, 1.807) is 7.11 Å². The van der Waals surface area contributed by atoms with Crippen LogP contribution >= 0.6 is 0 Å². The third-order valence-electron chi connectivity index (χ3n) is 4.18. The van der Waals surface area contributed by atoms with Gasteiger partial charge >= 0.3 is 17.8 Å². The van der Waals surface area contributed by atoms with Crippen LogP contribution in [0.15, 0.2) is 48.5 Å². The van der Waals surface area contributed by atoms with Gasteiger partial charge in [-0.1, -0.05) is 12.1 Å². The summed E-state index contributed by atoms with van der Waals surface area (Å²) in [5.74, 6) is -1.93. The fraction of sp³-hybridized carbons (Fsp3) is 0.250. The van der Waals surface area contributed by atoms with E-state index in [0.29, 0.717) is 5.69 Å². The fourth-order valence-corrected chi connectivity index (χ4v) is 2.58. The Kier molecular flexibility index (Phi) is 7.11. The molecule has 0 saturated heterocycles. The summed E-state index contributed by atoms with van der Waals surface area (Å²) in [7, 11) is 5.35. The minimum absolute atomic E-state index is 0.0933. The van der Waals surface area contributed by atoms with Crippen LogP contribution in [0, 0.1) is 0 Å². The van der Waals surface area contributed by atoms with Gasteiger partial charge in [0.1, 0.15) is 5.75 Å². The Morgan fingerprint density at radius 1 is 1.00 bits per heavy atom. The lowest BCUT2D eigenvalue weighted by molar-refractivity contribution is -0.136. The maximum absolute atomic E-state index is 12.1. The number of anilines is 1. The van der Waals surface area contributed by atoms with E-state index in [9.17, 15) is 14.4 Å². The number of rotatable bonds is 7. The second kappa shape index (κ2) is 9.52. The third-order valence-corrected chi connectivity index (χ3v) is 4.18. The molecule has 2 aromatic carbocycles. The summed E-state index contributed by atoms with van der Waals surface area (Å²) < 4.78 is 5.15. The molecule has 0 heterocycles. The van der Waals surface area contributed by atoms with E-state index >= 15 is 0 Å². The van der Waals surface area contributed by atoms with Crippen molar-refractivity contribution < 1.29 is 24.2 Å². The van der Waals surface area contributed by atoms with Crippen molar-refractivity contribution in [2.24, 2.45) is 0 Å². The number of carboxylic acid groups (broad SMARTS) is 1. The number of nitrogens with zero attached hydrogens (tertiary/aromatic N) is 1. The maximum atomic E-state index is 12.1. The number of nitrogens with one attached hydrogen (secondary N) is 2. The molecule has 0 radical (unpaired) electrons. The lowest BCUT2D eigenvalue weighted by atomic mass is 10.1. The maximum Gasteiger partial charge on any atom is 0.335 e. The lowest BCUT2D eigenvalue weighted by Crippen LogP contribution is -2.40. The smallest absolute Gasteiger partial charge is 0.335 e. The van der Waals surface area contributed by atoms with Crippen molar-refractivity contribution in [2.45, 2.75) is 6.04 Å². The summed E-state index contributed by atoms with van der Waals surface area (Å²) in [6, 6.07) is 12.9. The first kappa shape index (κ1) is 20.9. The van der Waals surface area contributed by atoms with Crippen LogP contribution in [0.4, 0.5) is 5.69 Å².